The molecule has 0 spiro atoms. The van der Waals surface area contributed by atoms with E-state index in [0.29, 0.717) is 5.41 Å². The zero-order chi connectivity index (χ0) is 12.3. The highest BCUT2D eigenvalue weighted by Gasteiger charge is 2.27. The number of aryl methyl sites for hydroxylation is 1. The van der Waals surface area contributed by atoms with E-state index in [2.05, 4.69) is 50.3 Å². The average Bonchev–Trinajstić information content (AvgIpc) is 2.25. The summed E-state index contributed by atoms with van der Waals surface area (Å²) in [7, 11) is 0. The van der Waals surface area contributed by atoms with Crippen molar-refractivity contribution in [2.45, 2.75) is 44.9 Å². The molecule has 0 aromatic heterocycles. The molecule has 1 aromatic rings. The molecule has 1 heteroatoms. The minimum atomic E-state index is 0.226. The summed E-state index contributed by atoms with van der Waals surface area (Å²) in [6, 6.07) is 10.7. The van der Waals surface area contributed by atoms with Crippen molar-refractivity contribution in [3.05, 3.63) is 47.5 Å². The second-order valence-electron chi connectivity index (χ2n) is 5.87. The van der Waals surface area contributed by atoms with Crippen molar-refractivity contribution in [3.8, 4) is 0 Å². The van der Waals surface area contributed by atoms with Gasteiger partial charge in [-0.1, -0.05) is 55.8 Å². The molecule has 0 N–H and O–H groups in total. The van der Waals surface area contributed by atoms with Crippen LogP contribution < -0.4 is 0 Å². The van der Waals surface area contributed by atoms with Gasteiger partial charge < -0.3 is 0 Å². The number of allylic oxidation sites excluding steroid dienone is 2. The monoisotopic (exact) mass is 248 g/mol. The Morgan fingerprint density at radius 2 is 1.88 bits per heavy atom. The lowest BCUT2D eigenvalue weighted by Gasteiger charge is -2.32. The van der Waals surface area contributed by atoms with E-state index in [-0.39, 0.29) is 5.38 Å². The van der Waals surface area contributed by atoms with Gasteiger partial charge in [-0.25, -0.2) is 0 Å². The molecular formula is C16H21Cl. The van der Waals surface area contributed by atoms with Gasteiger partial charge in [0.1, 0.15) is 0 Å². The molecule has 0 bridgehead atoms. The predicted octanol–water partition coefficient (Wildman–Crippen LogP) is 4.97. The molecule has 1 aromatic carbocycles. The zero-order valence-corrected chi connectivity index (χ0v) is 11.5. The Labute approximate surface area is 110 Å². The van der Waals surface area contributed by atoms with Gasteiger partial charge in [0.25, 0.3) is 0 Å². The molecule has 0 nitrogen and oxygen atoms in total. The maximum atomic E-state index is 6.30. The Bertz CT molecular complexity index is 389. The van der Waals surface area contributed by atoms with Crippen LogP contribution in [0.4, 0.5) is 0 Å². The number of rotatable bonds is 3. The molecule has 2 rings (SSSR count). The maximum Gasteiger partial charge on any atom is 0.0523 e. The minimum absolute atomic E-state index is 0.226. The molecule has 0 heterocycles. The summed E-state index contributed by atoms with van der Waals surface area (Å²) < 4.78 is 0. The molecule has 17 heavy (non-hydrogen) atoms. The normalized spacial score (nSPS) is 23.2. The predicted molar refractivity (Wildman–Crippen MR) is 75.5 cm³/mol. The Balaban J connectivity index is 1.95. The highest BCUT2D eigenvalue weighted by Crippen LogP contribution is 2.38. The highest BCUT2D eigenvalue weighted by atomic mass is 35.5. The summed E-state index contributed by atoms with van der Waals surface area (Å²) in [5.74, 6) is 0. The average molecular weight is 249 g/mol. The second-order valence-corrected chi connectivity index (χ2v) is 6.43. The van der Waals surface area contributed by atoms with E-state index in [9.17, 15) is 0 Å². The van der Waals surface area contributed by atoms with Crippen LogP contribution in [0.2, 0.25) is 0 Å². The van der Waals surface area contributed by atoms with Crippen LogP contribution in [-0.2, 0) is 6.42 Å². The lowest BCUT2D eigenvalue weighted by Crippen LogP contribution is -2.22. The number of halogens is 1. The van der Waals surface area contributed by atoms with Gasteiger partial charge in [-0.05, 0) is 36.7 Å². The molecule has 1 atom stereocenters. The minimum Gasteiger partial charge on any atom is -0.118 e. The molecule has 0 radical (unpaired) electrons. The Kier molecular flexibility index (Phi) is 3.93. The lowest BCUT2D eigenvalue weighted by atomic mass is 9.76. The molecule has 0 fully saturated rings. The smallest absolute Gasteiger partial charge is 0.0523 e. The van der Waals surface area contributed by atoms with Gasteiger partial charge in [0, 0.05) is 0 Å². The molecule has 1 aliphatic carbocycles. The second kappa shape index (κ2) is 5.27. The van der Waals surface area contributed by atoms with Gasteiger partial charge in [0.15, 0.2) is 0 Å². The molecule has 1 aliphatic rings. The van der Waals surface area contributed by atoms with Crippen LogP contribution in [0, 0.1) is 5.41 Å². The van der Waals surface area contributed by atoms with Crippen LogP contribution in [0.1, 0.15) is 38.7 Å². The Morgan fingerprint density at radius 3 is 2.53 bits per heavy atom. The van der Waals surface area contributed by atoms with Crippen molar-refractivity contribution >= 4 is 11.6 Å². The molecular weight excluding hydrogens is 228 g/mol. The highest BCUT2D eigenvalue weighted by molar-refractivity contribution is 6.21. The van der Waals surface area contributed by atoms with E-state index in [0.717, 1.165) is 19.3 Å². The van der Waals surface area contributed by atoms with Gasteiger partial charge in [0.2, 0.25) is 0 Å². The van der Waals surface area contributed by atoms with E-state index in [4.69, 9.17) is 11.6 Å². The first-order valence-corrected chi connectivity index (χ1v) is 6.86. The van der Waals surface area contributed by atoms with Crippen LogP contribution >= 0.6 is 11.6 Å². The first-order valence-electron chi connectivity index (χ1n) is 6.43. The van der Waals surface area contributed by atoms with Gasteiger partial charge >= 0.3 is 0 Å². The largest absolute Gasteiger partial charge is 0.118 e. The first kappa shape index (κ1) is 12.7. The number of hydrogen-bond donors (Lipinski definition) is 0. The molecule has 0 saturated heterocycles. The summed E-state index contributed by atoms with van der Waals surface area (Å²) in [4.78, 5) is 0. The SMILES string of the molecule is CC1(C)CC(CCc2ccccc2)=CC(Cl)C1. The molecule has 1 unspecified atom stereocenters. The summed E-state index contributed by atoms with van der Waals surface area (Å²) in [6.07, 6.45) is 6.85. The first-order chi connectivity index (χ1) is 8.05. The van der Waals surface area contributed by atoms with Crippen LogP contribution in [0.25, 0.3) is 0 Å². The van der Waals surface area contributed by atoms with E-state index < -0.39 is 0 Å². The third kappa shape index (κ3) is 3.89. The summed E-state index contributed by atoms with van der Waals surface area (Å²) in [5, 5.41) is 0.226. The Morgan fingerprint density at radius 1 is 1.18 bits per heavy atom. The fourth-order valence-electron chi connectivity index (χ4n) is 2.71. The van der Waals surface area contributed by atoms with Crippen molar-refractivity contribution in [2.24, 2.45) is 5.41 Å². The topological polar surface area (TPSA) is 0 Å². The summed E-state index contributed by atoms with van der Waals surface area (Å²) in [5.41, 5.74) is 3.32. The maximum absolute atomic E-state index is 6.30. The van der Waals surface area contributed by atoms with Crippen molar-refractivity contribution in [3.63, 3.8) is 0 Å². The van der Waals surface area contributed by atoms with Crippen LogP contribution in [0.15, 0.2) is 42.0 Å². The molecule has 0 saturated carbocycles. The third-order valence-electron chi connectivity index (χ3n) is 3.45. The fraction of sp³-hybridized carbons (Fsp3) is 0.500. The van der Waals surface area contributed by atoms with Crippen LogP contribution in [-0.4, -0.2) is 5.38 Å². The van der Waals surface area contributed by atoms with Gasteiger partial charge in [-0.2, -0.15) is 0 Å². The zero-order valence-electron chi connectivity index (χ0n) is 10.7. The Hall–Kier alpha value is -0.750. The lowest BCUT2D eigenvalue weighted by molar-refractivity contribution is 0.318. The number of hydrogen-bond acceptors (Lipinski definition) is 0. The quantitative estimate of drug-likeness (QED) is 0.523. The standard InChI is InChI=1S/C16H21Cl/c1-16(2)11-14(10-15(17)12-16)9-8-13-6-4-3-5-7-13/h3-7,10,15H,8-9,11-12H2,1-2H3. The number of alkyl halides is 1. The molecule has 0 aliphatic heterocycles. The van der Waals surface area contributed by atoms with Crippen LogP contribution in [0.5, 0.6) is 0 Å². The number of benzene rings is 1. The summed E-state index contributed by atoms with van der Waals surface area (Å²) >= 11 is 6.30. The van der Waals surface area contributed by atoms with Crippen molar-refractivity contribution < 1.29 is 0 Å². The van der Waals surface area contributed by atoms with E-state index >= 15 is 0 Å². The van der Waals surface area contributed by atoms with Gasteiger partial charge in [-0.15, -0.1) is 11.6 Å². The van der Waals surface area contributed by atoms with Crippen molar-refractivity contribution in [1.29, 1.82) is 0 Å². The summed E-state index contributed by atoms with van der Waals surface area (Å²) in [6.45, 7) is 4.63. The van der Waals surface area contributed by atoms with E-state index in [1.165, 1.54) is 17.6 Å². The third-order valence-corrected chi connectivity index (χ3v) is 3.73. The van der Waals surface area contributed by atoms with Gasteiger partial charge in [-0.3, -0.25) is 0 Å². The fourth-order valence-corrected chi connectivity index (χ4v) is 3.31. The molecule has 92 valence electrons. The molecule has 0 amide bonds. The van der Waals surface area contributed by atoms with Crippen molar-refractivity contribution in [2.75, 3.05) is 0 Å². The van der Waals surface area contributed by atoms with E-state index in [1.54, 1.807) is 0 Å². The van der Waals surface area contributed by atoms with E-state index in [1.807, 2.05) is 0 Å². The van der Waals surface area contributed by atoms with Crippen molar-refractivity contribution in [1.82, 2.24) is 0 Å². The van der Waals surface area contributed by atoms with Crippen LogP contribution in [0.3, 0.4) is 0 Å². The van der Waals surface area contributed by atoms with Gasteiger partial charge in [0.05, 0.1) is 5.38 Å².